The van der Waals surface area contributed by atoms with Crippen LogP contribution in [0.25, 0.3) is 11.5 Å². The number of pyridine rings is 1. The smallest absolute Gasteiger partial charge is 0.432 e. The van der Waals surface area contributed by atoms with E-state index in [2.05, 4.69) is 15.0 Å². The number of ether oxygens (including phenoxy) is 2. The van der Waals surface area contributed by atoms with Crippen LogP contribution < -0.4 is 9.47 Å². The molecule has 1 aromatic carbocycles. The number of rotatable bonds is 4. The van der Waals surface area contributed by atoms with Crippen LogP contribution in [0.15, 0.2) is 42.7 Å². The minimum Gasteiger partial charge on any atom is -0.489 e. The number of nitrogens with zero attached hydrogens (tertiary/aromatic N) is 2. The summed E-state index contributed by atoms with van der Waals surface area (Å²) in [5.74, 6) is -0.231. The molecular formula is C19H12F3N3O4. The van der Waals surface area contributed by atoms with E-state index < -0.39 is 23.8 Å². The molecule has 3 atom stereocenters. The van der Waals surface area contributed by atoms with E-state index in [1.165, 1.54) is 12.3 Å². The number of nitrogens with one attached hydrogen (secondary N) is 1. The van der Waals surface area contributed by atoms with E-state index in [-0.39, 0.29) is 23.5 Å². The number of carboxylic acids is 1. The summed E-state index contributed by atoms with van der Waals surface area (Å²) in [6.45, 7) is 0. The average Bonchev–Trinajstić information content (AvgIpc) is 3.02. The van der Waals surface area contributed by atoms with Crippen molar-refractivity contribution in [3.8, 4) is 28.8 Å². The molecule has 7 nitrogen and oxygen atoms in total. The van der Waals surface area contributed by atoms with Crippen LogP contribution in [0, 0.1) is 5.92 Å². The van der Waals surface area contributed by atoms with Crippen LogP contribution in [0.1, 0.15) is 17.2 Å². The standard InChI is InChI=1S/C19H12F3N3O4/c20-19(21,22)13-7-24-17(25-13)11-6-9(3-4-23-11)28-8-1-2-12-10(5-8)14-15(18(26)27)16(14)29-12/h1-7,14-16H,(H,24,25)(H,26,27). The van der Waals surface area contributed by atoms with Crippen LogP contribution >= 0.6 is 0 Å². The second-order valence-electron chi connectivity index (χ2n) is 6.79. The molecule has 0 spiro atoms. The lowest BCUT2D eigenvalue weighted by Crippen LogP contribution is -2.08. The van der Waals surface area contributed by atoms with E-state index in [9.17, 15) is 23.1 Å². The Kier molecular flexibility index (Phi) is 3.61. The first-order valence-corrected chi connectivity index (χ1v) is 8.61. The molecule has 2 aliphatic rings. The lowest BCUT2D eigenvalue weighted by Gasteiger charge is -2.10. The fourth-order valence-corrected chi connectivity index (χ4v) is 3.53. The number of alkyl halides is 3. The van der Waals surface area contributed by atoms with Crippen LogP contribution in [-0.4, -0.2) is 32.1 Å². The van der Waals surface area contributed by atoms with Gasteiger partial charge in [-0.05, 0) is 24.3 Å². The third-order valence-corrected chi connectivity index (χ3v) is 4.93. The van der Waals surface area contributed by atoms with Gasteiger partial charge in [0, 0.05) is 23.7 Å². The highest BCUT2D eigenvalue weighted by molar-refractivity contribution is 5.79. The van der Waals surface area contributed by atoms with Gasteiger partial charge in [0.1, 0.15) is 40.7 Å². The first-order chi connectivity index (χ1) is 13.8. The summed E-state index contributed by atoms with van der Waals surface area (Å²) >= 11 is 0. The van der Waals surface area contributed by atoms with E-state index in [0.717, 1.165) is 5.56 Å². The summed E-state index contributed by atoms with van der Waals surface area (Å²) in [7, 11) is 0. The lowest BCUT2D eigenvalue weighted by molar-refractivity contribution is -0.141. The molecule has 0 radical (unpaired) electrons. The molecular weight excluding hydrogens is 391 g/mol. The van der Waals surface area contributed by atoms with Gasteiger partial charge >= 0.3 is 12.1 Å². The normalized spacial score (nSPS) is 21.8. The maximum Gasteiger partial charge on any atom is 0.432 e. The highest BCUT2D eigenvalue weighted by atomic mass is 19.4. The summed E-state index contributed by atoms with van der Waals surface area (Å²) in [5, 5.41) is 9.18. The number of halogens is 3. The minimum atomic E-state index is -4.53. The molecule has 3 aromatic rings. The van der Waals surface area contributed by atoms with Gasteiger partial charge in [-0.15, -0.1) is 0 Å². The van der Waals surface area contributed by atoms with E-state index in [4.69, 9.17) is 9.47 Å². The van der Waals surface area contributed by atoms with Crippen molar-refractivity contribution >= 4 is 5.97 Å². The second-order valence-corrected chi connectivity index (χ2v) is 6.79. The van der Waals surface area contributed by atoms with Crippen molar-refractivity contribution in [3.05, 3.63) is 54.0 Å². The molecule has 3 heterocycles. The molecule has 10 heteroatoms. The molecule has 0 amide bonds. The quantitative estimate of drug-likeness (QED) is 0.687. The van der Waals surface area contributed by atoms with Crippen molar-refractivity contribution in [3.63, 3.8) is 0 Å². The van der Waals surface area contributed by atoms with Gasteiger partial charge in [-0.2, -0.15) is 13.2 Å². The van der Waals surface area contributed by atoms with Gasteiger partial charge in [0.05, 0.1) is 6.20 Å². The molecule has 3 unspecified atom stereocenters. The number of hydrogen-bond donors (Lipinski definition) is 2. The number of carbonyl (C=O) groups is 1. The molecule has 5 rings (SSSR count). The number of carboxylic acid groups (broad SMARTS) is 1. The Balaban J connectivity index is 1.38. The summed E-state index contributed by atoms with van der Waals surface area (Å²) in [6, 6.07) is 8.12. The van der Waals surface area contributed by atoms with Crippen molar-refractivity contribution in [2.24, 2.45) is 5.92 Å². The number of hydrogen-bond acceptors (Lipinski definition) is 5. The molecule has 2 aromatic heterocycles. The number of fused-ring (bicyclic) bond motifs is 3. The summed E-state index contributed by atoms with van der Waals surface area (Å²) < 4.78 is 49.6. The fraction of sp³-hybridized carbons (Fsp3) is 0.211. The van der Waals surface area contributed by atoms with Gasteiger partial charge in [-0.3, -0.25) is 9.78 Å². The molecule has 1 fully saturated rings. The number of aliphatic carboxylic acids is 1. The van der Waals surface area contributed by atoms with Crippen LogP contribution in [-0.2, 0) is 11.0 Å². The Morgan fingerprint density at radius 3 is 2.69 bits per heavy atom. The molecule has 29 heavy (non-hydrogen) atoms. The number of H-pyrrole nitrogens is 1. The highest BCUT2D eigenvalue weighted by Gasteiger charge is 2.63. The summed E-state index contributed by atoms with van der Waals surface area (Å²) in [5.41, 5.74) is -0.00283. The van der Waals surface area contributed by atoms with Gasteiger partial charge in [0.15, 0.2) is 5.82 Å². The largest absolute Gasteiger partial charge is 0.489 e. The Labute approximate surface area is 161 Å². The molecule has 0 saturated heterocycles. The van der Waals surface area contributed by atoms with Gasteiger partial charge in [-0.25, -0.2) is 4.98 Å². The summed E-state index contributed by atoms with van der Waals surface area (Å²) in [4.78, 5) is 21.1. The third kappa shape index (κ3) is 2.96. The van der Waals surface area contributed by atoms with Gasteiger partial charge < -0.3 is 19.6 Å². The van der Waals surface area contributed by atoms with E-state index in [1.807, 2.05) is 0 Å². The summed E-state index contributed by atoms with van der Waals surface area (Å²) in [6.07, 6.45) is -2.77. The van der Waals surface area contributed by atoms with Crippen LogP contribution in [0.3, 0.4) is 0 Å². The SMILES string of the molecule is O=C(O)C1C2Oc3ccc(Oc4ccnc(-c5ncc(C(F)(F)F)[nH]5)c4)cc3C21. The predicted molar refractivity (Wildman–Crippen MR) is 91.6 cm³/mol. The zero-order valence-electron chi connectivity index (χ0n) is 14.5. The molecule has 148 valence electrons. The maximum atomic E-state index is 12.7. The Morgan fingerprint density at radius 2 is 1.97 bits per heavy atom. The topological polar surface area (TPSA) is 97.3 Å². The van der Waals surface area contributed by atoms with E-state index >= 15 is 0 Å². The molecule has 1 aliphatic heterocycles. The first kappa shape index (κ1) is 17.5. The Morgan fingerprint density at radius 1 is 1.17 bits per heavy atom. The fourth-order valence-electron chi connectivity index (χ4n) is 3.53. The van der Waals surface area contributed by atoms with Crippen LogP contribution in [0.5, 0.6) is 17.2 Å². The lowest BCUT2D eigenvalue weighted by atomic mass is 10.1. The Bertz CT molecular complexity index is 1130. The maximum absolute atomic E-state index is 12.7. The van der Waals surface area contributed by atoms with E-state index in [1.54, 1.807) is 24.3 Å². The van der Waals surface area contributed by atoms with Crippen molar-refractivity contribution in [2.75, 3.05) is 0 Å². The minimum absolute atomic E-state index is 0.0322. The highest BCUT2D eigenvalue weighted by Crippen LogP contribution is 2.59. The molecule has 2 N–H and O–H groups in total. The monoisotopic (exact) mass is 403 g/mol. The van der Waals surface area contributed by atoms with Crippen LogP contribution in [0.2, 0.25) is 0 Å². The molecule has 1 saturated carbocycles. The van der Waals surface area contributed by atoms with Crippen LogP contribution in [0.4, 0.5) is 13.2 Å². The Hall–Kier alpha value is -3.56. The third-order valence-electron chi connectivity index (χ3n) is 4.93. The van der Waals surface area contributed by atoms with Crippen molar-refractivity contribution in [2.45, 2.75) is 18.2 Å². The van der Waals surface area contributed by atoms with Gasteiger partial charge in [-0.1, -0.05) is 0 Å². The van der Waals surface area contributed by atoms with Crippen molar-refractivity contribution in [1.82, 2.24) is 15.0 Å². The zero-order chi connectivity index (χ0) is 20.3. The van der Waals surface area contributed by atoms with Crippen molar-refractivity contribution < 1.29 is 32.5 Å². The average molecular weight is 403 g/mol. The zero-order valence-corrected chi connectivity index (χ0v) is 14.5. The molecule has 1 aliphatic carbocycles. The number of imidazole rings is 1. The van der Waals surface area contributed by atoms with Crippen molar-refractivity contribution in [1.29, 1.82) is 0 Å². The van der Waals surface area contributed by atoms with Gasteiger partial charge in [0.2, 0.25) is 0 Å². The number of aromatic nitrogens is 3. The predicted octanol–water partition coefficient (Wildman–Crippen LogP) is 3.84. The van der Waals surface area contributed by atoms with Gasteiger partial charge in [0.25, 0.3) is 0 Å². The first-order valence-electron chi connectivity index (χ1n) is 8.61. The second kappa shape index (κ2) is 5.97. The number of benzene rings is 1. The van der Waals surface area contributed by atoms with E-state index in [0.29, 0.717) is 23.4 Å². The molecule has 0 bridgehead atoms. The number of aromatic amines is 1.